The minimum atomic E-state index is -1.35. The van der Waals surface area contributed by atoms with E-state index < -0.39 is 22.8 Å². The Morgan fingerprint density at radius 3 is 2.74 bits per heavy atom. The predicted octanol–water partition coefficient (Wildman–Crippen LogP) is 3.12. The summed E-state index contributed by atoms with van der Waals surface area (Å²) in [7, 11) is 0. The zero-order valence-corrected chi connectivity index (χ0v) is 19.9. The second-order valence-corrected chi connectivity index (χ2v) is 9.53. The van der Waals surface area contributed by atoms with Gasteiger partial charge in [-0.05, 0) is 32.3 Å². The molecule has 1 atom stereocenters. The second-order valence-electron chi connectivity index (χ2n) is 9.15. The summed E-state index contributed by atoms with van der Waals surface area (Å²) < 4.78 is 18.9. The van der Waals surface area contributed by atoms with Crippen molar-refractivity contribution in [1.29, 1.82) is 0 Å². The van der Waals surface area contributed by atoms with Crippen LogP contribution in [0.15, 0.2) is 29.5 Å². The minimum Gasteiger partial charge on any atom is -0.477 e. The van der Waals surface area contributed by atoms with Gasteiger partial charge in [0.1, 0.15) is 17.2 Å². The highest BCUT2D eigenvalue weighted by Gasteiger charge is 2.32. The molecule has 1 amide bonds. The lowest BCUT2D eigenvalue weighted by Gasteiger charge is -2.23. The zero-order valence-electron chi connectivity index (χ0n) is 19.1. The highest BCUT2D eigenvalue weighted by atomic mass is 35.5. The highest BCUT2D eigenvalue weighted by molar-refractivity contribution is 6.38. The van der Waals surface area contributed by atoms with Gasteiger partial charge in [-0.1, -0.05) is 11.6 Å². The van der Waals surface area contributed by atoms with Crippen molar-refractivity contribution in [3.05, 3.63) is 57.1 Å². The van der Waals surface area contributed by atoms with Crippen molar-refractivity contribution in [3.8, 4) is 0 Å². The number of imidazole rings is 1. The van der Waals surface area contributed by atoms with Crippen LogP contribution in [-0.2, 0) is 11.3 Å². The number of aryl methyl sites for hydroxylation is 2. The highest BCUT2D eigenvalue weighted by Crippen LogP contribution is 2.42. The van der Waals surface area contributed by atoms with Gasteiger partial charge in [0, 0.05) is 56.7 Å². The first kappa shape index (κ1) is 23.3. The number of aromatic carboxylic acids is 1. The van der Waals surface area contributed by atoms with Gasteiger partial charge < -0.3 is 24.5 Å². The SMILES string of the molecule is Cc1nccn1CCC(=O)NC1CCN(c2c(F)cc3c(=O)c(C(=O)O)cn(C4CC4)c3c2Cl)C1. The van der Waals surface area contributed by atoms with E-state index in [2.05, 4.69) is 10.3 Å². The Kier molecular flexibility index (Phi) is 6.00. The number of hydrogen-bond acceptors (Lipinski definition) is 5. The number of rotatable bonds is 7. The minimum absolute atomic E-state index is 0.0248. The summed E-state index contributed by atoms with van der Waals surface area (Å²) in [6, 6.07) is 0.943. The molecule has 2 N–H and O–H groups in total. The molecule has 1 saturated heterocycles. The van der Waals surface area contributed by atoms with E-state index in [1.807, 2.05) is 17.7 Å². The second kappa shape index (κ2) is 8.99. The summed E-state index contributed by atoms with van der Waals surface area (Å²) in [5.74, 6) is -1.30. The van der Waals surface area contributed by atoms with Crippen molar-refractivity contribution in [2.24, 2.45) is 0 Å². The fourth-order valence-electron chi connectivity index (χ4n) is 4.76. The number of nitrogens with one attached hydrogen (secondary N) is 1. The van der Waals surface area contributed by atoms with Crippen LogP contribution >= 0.6 is 11.6 Å². The summed E-state index contributed by atoms with van der Waals surface area (Å²) >= 11 is 6.70. The van der Waals surface area contributed by atoms with E-state index in [4.69, 9.17) is 11.6 Å². The predicted molar refractivity (Wildman–Crippen MR) is 129 cm³/mol. The maximum atomic E-state index is 15.3. The fraction of sp³-hybridized carbons (Fsp3) is 0.417. The summed E-state index contributed by atoms with van der Waals surface area (Å²) in [5.41, 5.74) is -0.635. The lowest BCUT2D eigenvalue weighted by molar-refractivity contribution is -0.121. The molecule has 2 aromatic heterocycles. The fourth-order valence-corrected chi connectivity index (χ4v) is 5.17. The summed E-state index contributed by atoms with van der Waals surface area (Å²) in [6.45, 7) is 3.25. The van der Waals surface area contributed by atoms with Gasteiger partial charge >= 0.3 is 5.97 Å². The van der Waals surface area contributed by atoms with Gasteiger partial charge in [-0.2, -0.15) is 0 Å². The molecule has 184 valence electrons. The van der Waals surface area contributed by atoms with Crippen molar-refractivity contribution >= 4 is 40.1 Å². The number of carboxylic acid groups (broad SMARTS) is 1. The third kappa shape index (κ3) is 4.38. The average Bonchev–Trinajstić information content (AvgIpc) is 3.42. The van der Waals surface area contributed by atoms with E-state index >= 15 is 4.39 Å². The maximum absolute atomic E-state index is 15.3. The molecule has 9 nitrogen and oxygen atoms in total. The van der Waals surface area contributed by atoms with Gasteiger partial charge in [0.15, 0.2) is 0 Å². The molecule has 1 aliphatic heterocycles. The summed E-state index contributed by atoms with van der Waals surface area (Å²) in [4.78, 5) is 42.7. The van der Waals surface area contributed by atoms with Crippen LogP contribution in [0, 0.1) is 12.7 Å². The molecule has 35 heavy (non-hydrogen) atoms. The molecular formula is C24H25ClFN5O4. The molecule has 1 saturated carbocycles. The Balaban J connectivity index is 1.38. The van der Waals surface area contributed by atoms with Gasteiger partial charge in [-0.3, -0.25) is 9.59 Å². The molecule has 0 spiro atoms. The number of fused-ring (bicyclic) bond motifs is 1. The van der Waals surface area contributed by atoms with Crippen LogP contribution in [0.5, 0.6) is 0 Å². The van der Waals surface area contributed by atoms with Gasteiger partial charge in [0.05, 0.1) is 21.6 Å². The van der Waals surface area contributed by atoms with Crippen LogP contribution < -0.4 is 15.6 Å². The number of pyridine rings is 1. The number of carbonyl (C=O) groups excluding carboxylic acids is 1. The van der Waals surface area contributed by atoms with E-state index in [9.17, 15) is 19.5 Å². The lowest BCUT2D eigenvalue weighted by atomic mass is 10.1. The number of amides is 1. The van der Waals surface area contributed by atoms with Gasteiger partial charge in [-0.25, -0.2) is 14.2 Å². The normalized spacial score (nSPS) is 17.8. The smallest absolute Gasteiger partial charge is 0.341 e. The Bertz CT molecular complexity index is 1400. The molecule has 1 aromatic carbocycles. The van der Waals surface area contributed by atoms with Gasteiger partial charge in [-0.15, -0.1) is 0 Å². The van der Waals surface area contributed by atoms with Crippen LogP contribution in [0.3, 0.4) is 0 Å². The van der Waals surface area contributed by atoms with Crippen LogP contribution in [0.1, 0.15) is 47.9 Å². The first-order valence-corrected chi connectivity index (χ1v) is 11.9. The molecule has 3 aromatic rings. The van der Waals surface area contributed by atoms with E-state index in [1.165, 1.54) is 6.20 Å². The number of hydrogen-bond donors (Lipinski definition) is 2. The van der Waals surface area contributed by atoms with Crippen molar-refractivity contribution in [2.45, 2.75) is 51.2 Å². The Labute approximate surface area is 205 Å². The first-order valence-electron chi connectivity index (χ1n) is 11.6. The van der Waals surface area contributed by atoms with Crippen LogP contribution in [0.25, 0.3) is 10.9 Å². The average molecular weight is 502 g/mol. The Morgan fingerprint density at radius 1 is 1.31 bits per heavy atom. The topological polar surface area (TPSA) is 109 Å². The van der Waals surface area contributed by atoms with Crippen LogP contribution in [0.2, 0.25) is 5.02 Å². The molecule has 1 aliphatic carbocycles. The summed E-state index contributed by atoms with van der Waals surface area (Å²) in [6.07, 6.45) is 7.41. The summed E-state index contributed by atoms with van der Waals surface area (Å²) in [5, 5.41) is 12.5. The van der Waals surface area contributed by atoms with Gasteiger partial charge in [0.25, 0.3) is 0 Å². The molecule has 11 heteroatoms. The Hall–Kier alpha value is -3.40. The van der Waals surface area contributed by atoms with Gasteiger partial charge in [0.2, 0.25) is 11.3 Å². The zero-order chi connectivity index (χ0) is 24.9. The molecule has 0 radical (unpaired) electrons. The number of halogens is 2. The maximum Gasteiger partial charge on any atom is 0.341 e. The number of anilines is 1. The van der Waals surface area contributed by atoms with E-state index in [0.29, 0.717) is 38.0 Å². The monoisotopic (exact) mass is 501 g/mol. The van der Waals surface area contributed by atoms with Crippen molar-refractivity contribution < 1.29 is 19.1 Å². The molecule has 2 aliphatic rings. The van der Waals surface area contributed by atoms with Crippen molar-refractivity contribution in [2.75, 3.05) is 18.0 Å². The number of nitrogens with zero attached hydrogens (tertiary/aromatic N) is 4. The Morgan fingerprint density at radius 2 is 2.09 bits per heavy atom. The van der Waals surface area contributed by atoms with E-state index in [1.54, 1.807) is 15.7 Å². The van der Waals surface area contributed by atoms with Crippen molar-refractivity contribution in [3.63, 3.8) is 0 Å². The number of aromatic nitrogens is 3. The van der Waals surface area contributed by atoms with Crippen molar-refractivity contribution in [1.82, 2.24) is 19.4 Å². The molecule has 0 bridgehead atoms. The quantitative estimate of drug-likeness (QED) is 0.515. The molecule has 3 heterocycles. The van der Waals surface area contributed by atoms with E-state index in [0.717, 1.165) is 24.7 Å². The lowest BCUT2D eigenvalue weighted by Crippen LogP contribution is -2.37. The number of carbonyl (C=O) groups is 2. The number of carboxylic acids is 1. The van der Waals surface area contributed by atoms with Crippen LogP contribution in [0.4, 0.5) is 10.1 Å². The molecule has 5 rings (SSSR count). The largest absolute Gasteiger partial charge is 0.477 e. The number of benzene rings is 1. The first-order chi connectivity index (χ1) is 16.7. The molecule has 2 fully saturated rings. The third-order valence-electron chi connectivity index (χ3n) is 6.73. The standard InChI is InChI=1S/C24H25ClFN5O4/c1-13-27-6-9-29(13)8-5-19(32)28-14-4-7-30(11-14)22-18(26)10-16-21(20(22)25)31(15-2-3-15)12-17(23(16)33)24(34)35/h6,9-10,12,14-15H,2-5,7-8,11H2,1H3,(H,28,32)(H,34,35). The molecule has 1 unspecified atom stereocenters. The molecular weight excluding hydrogens is 477 g/mol. The van der Waals surface area contributed by atoms with Crippen LogP contribution in [-0.4, -0.2) is 50.2 Å². The third-order valence-corrected chi connectivity index (χ3v) is 7.09. The van der Waals surface area contributed by atoms with E-state index in [-0.39, 0.29) is 34.1 Å².